The second kappa shape index (κ2) is 9.71. The van der Waals surface area contributed by atoms with Gasteiger partial charge in [0.1, 0.15) is 30.6 Å². The number of amides is 2. The van der Waals surface area contributed by atoms with Gasteiger partial charge in [-0.25, -0.2) is 9.97 Å². The molecule has 0 spiro atoms. The number of nitrogens with zero attached hydrogens (tertiary/aromatic N) is 3. The Balaban J connectivity index is 1.36. The van der Waals surface area contributed by atoms with Crippen LogP contribution in [0.15, 0.2) is 24.5 Å². The number of carbonyl (C=O) groups is 3. The van der Waals surface area contributed by atoms with Gasteiger partial charge in [0.15, 0.2) is 5.78 Å². The molecule has 2 amide bonds. The first-order valence-electron chi connectivity index (χ1n) is 11.7. The van der Waals surface area contributed by atoms with E-state index in [0.29, 0.717) is 10.7 Å². The Morgan fingerprint density at radius 1 is 1.21 bits per heavy atom. The predicted octanol–water partition coefficient (Wildman–Crippen LogP) is 2.98. The first kappa shape index (κ1) is 23.4. The highest BCUT2D eigenvalue weighted by Gasteiger charge is 2.53. The number of aromatic nitrogens is 2. The predicted molar refractivity (Wildman–Crippen MR) is 128 cm³/mol. The van der Waals surface area contributed by atoms with Crippen molar-refractivity contribution in [3.05, 3.63) is 35.2 Å². The van der Waals surface area contributed by atoms with Crippen LogP contribution in [0, 0.1) is 12.8 Å². The third-order valence-corrected chi connectivity index (χ3v) is 8.49. The molecule has 8 nitrogen and oxygen atoms in total. The summed E-state index contributed by atoms with van der Waals surface area (Å²) in [5, 5.41) is 2.59. The normalized spacial score (nSPS) is 25.9. The Morgan fingerprint density at radius 3 is 2.68 bits per heavy atom. The molecule has 5 rings (SSSR count). The molecule has 1 N–H and O–H groups in total. The van der Waals surface area contributed by atoms with Crippen molar-refractivity contribution in [1.29, 1.82) is 0 Å². The van der Waals surface area contributed by atoms with Crippen molar-refractivity contribution in [1.82, 2.24) is 20.2 Å². The van der Waals surface area contributed by atoms with Gasteiger partial charge in [-0.15, -0.1) is 22.9 Å². The zero-order valence-electron chi connectivity index (χ0n) is 18.9. The fraction of sp³-hybridized carbons (Fsp3) is 0.542. The monoisotopic (exact) mass is 502 g/mol. The number of hydrogen-bond acceptors (Lipinski definition) is 7. The smallest absolute Gasteiger partial charge is 0.262 e. The van der Waals surface area contributed by atoms with E-state index in [1.54, 1.807) is 23.4 Å². The van der Waals surface area contributed by atoms with Gasteiger partial charge in [0.05, 0.1) is 10.3 Å². The van der Waals surface area contributed by atoms with E-state index in [0.717, 1.165) is 42.5 Å². The summed E-state index contributed by atoms with van der Waals surface area (Å²) in [6.07, 6.45) is 7.89. The molecule has 3 fully saturated rings. The molecule has 180 valence electrons. The first-order valence-corrected chi connectivity index (χ1v) is 13.0. The van der Waals surface area contributed by atoms with E-state index >= 15 is 0 Å². The Labute approximate surface area is 207 Å². The van der Waals surface area contributed by atoms with Crippen LogP contribution in [-0.2, 0) is 14.3 Å². The number of nitrogens with one attached hydrogen (secondary N) is 1. The Hall–Kier alpha value is -2.36. The van der Waals surface area contributed by atoms with Gasteiger partial charge in [0.2, 0.25) is 5.91 Å². The van der Waals surface area contributed by atoms with Crippen LogP contribution in [0.1, 0.15) is 47.6 Å². The van der Waals surface area contributed by atoms with Crippen LogP contribution in [0.4, 0.5) is 0 Å². The van der Waals surface area contributed by atoms with Crippen LogP contribution in [-0.4, -0.2) is 69.2 Å². The molecule has 2 saturated heterocycles. The van der Waals surface area contributed by atoms with Gasteiger partial charge in [0.25, 0.3) is 5.91 Å². The molecule has 0 bridgehead atoms. The minimum Gasteiger partial charge on any atom is -0.366 e. The summed E-state index contributed by atoms with van der Waals surface area (Å²) in [6.45, 7) is 2.04. The van der Waals surface area contributed by atoms with E-state index in [9.17, 15) is 14.4 Å². The lowest BCUT2D eigenvalue weighted by molar-refractivity contribution is -0.139. The summed E-state index contributed by atoms with van der Waals surface area (Å²) in [5.41, 5.74) is 0.838. The summed E-state index contributed by atoms with van der Waals surface area (Å²) < 4.78 is 5.54. The topological polar surface area (TPSA) is 101 Å². The van der Waals surface area contributed by atoms with Crippen LogP contribution in [0.2, 0.25) is 0 Å². The molecular formula is C24H27ClN4O4S. The lowest BCUT2D eigenvalue weighted by Gasteiger charge is -2.34. The van der Waals surface area contributed by atoms with Crippen LogP contribution in [0.5, 0.6) is 0 Å². The number of ketones is 1. The minimum absolute atomic E-state index is 0.0243. The number of aryl methyl sites for hydroxylation is 1. The third-order valence-electron chi connectivity index (χ3n) is 6.97. The number of Topliss-reactive ketones (excluding diaryl/α,β-unsaturated/α-hetero) is 1. The lowest BCUT2D eigenvalue weighted by atomic mass is 9.83. The van der Waals surface area contributed by atoms with E-state index in [1.165, 1.54) is 11.3 Å². The molecule has 4 unspecified atom stereocenters. The molecule has 4 heterocycles. The van der Waals surface area contributed by atoms with Crippen LogP contribution in [0.25, 0.3) is 10.4 Å². The van der Waals surface area contributed by atoms with Crippen molar-refractivity contribution in [2.45, 2.75) is 62.6 Å². The maximum absolute atomic E-state index is 13.7. The van der Waals surface area contributed by atoms with E-state index in [4.69, 9.17) is 16.3 Å². The molecule has 1 saturated carbocycles. The molecule has 2 aromatic rings. The van der Waals surface area contributed by atoms with E-state index in [2.05, 4.69) is 15.3 Å². The van der Waals surface area contributed by atoms with Gasteiger partial charge < -0.3 is 15.0 Å². The van der Waals surface area contributed by atoms with Crippen LogP contribution >= 0.6 is 22.9 Å². The number of fused-ring (bicyclic) bond motifs is 1. The molecule has 0 aromatic carbocycles. The Morgan fingerprint density at radius 2 is 1.94 bits per heavy atom. The zero-order valence-corrected chi connectivity index (χ0v) is 20.5. The number of ether oxygens (including phenoxy) is 1. The van der Waals surface area contributed by atoms with Crippen molar-refractivity contribution in [2.24, 2.45) is 5.92 Å². The number of carbonyl (C=O) groups excluding carboxylic acids is 3. The molecule has 2 aromatic heterocycles. The minimum atomic E-state index is -0.697. The molecule has 2 aliphatic heterocycles. The highest BCUT2D eigenvalue weighted by molar-refractivity contribution is 7.17. The summed E-state index contributed by atoms with van der Waals surface area (Å²) in [4.78, 5) is 50.8. The van der Waals surface area contributed by atoms with Crippen molar-refractivity contribution in [2.75, 3.05) is 13.2 Å². The highest BCUT2D eigenvalue weighted by Crippen LogP contribution is 2.34. The van der Waals surface area contributed by atoms with E-state index in [-0.39, 0.29) is 36.7 Å². The number of alkyl halides is 1. The number of likely N-dealkylation sites (tertiary alicyclic amines) is 1. The van der Waals surface area contributed by atoms with E-state index < -0.39 is 23.6 Å². The summed E-state index contributed by atoms with van der Waals surface area (Å²) in [6, 6.07) is 2.26. The second-order valence-electron chi connectivity index (χ2n) is 9.23. The number of rotatable bonds is 5. The third kappa shape index (κ3) is 4.48. The van der Waals surface area contributed by atoms with Crippen LogP contribution in [0.3, 0.4) is 0 Å². The van der Waals surface area contributed by atoms with Gasteiger partial charge in [-0.3, -0.25) is 14.4 Å². The lowest BCUT2D eigenvalue weighted by Crippen LogP contribution is -2.55. The number of thiophene rings is 1. The largest absolute Gasteiger partial charge is 0.366 e. The number of halogens is 1. The summed E-state index contributed by atoms with van der Waals surface area (Å²) in [5.74, 6) is 0.0572. The fourth-order valence-corrected chi connectivity index (χ4v) is 6.44. The molecule has 4 atom stereocenters. The van der Waals surface area contributed by atoms with Gasteiger partial charge >= 0.3 is 0 Å². The second-order valence-corrected chi connectivity index (χ2v) is 10.9. The van der Waals surface area contributed by atoms with Crippen molar-refractivity contribution < 1.29 is 19.1 Å². The maximum Gasteiger partial charge on any atom is 0.262 e. The van der Waals surface area contributed by atoms with Gasteiger partial charge in [-0.2, -0.15) is 0 Å². The average Bonchev–Trinajstić information content (AvgIpc) is 3.56. The van der Waals surface area contributed by atoms with Gasteiger partial charge in [0, 0.05) is 29.4 Å². The van der Waals surface area contributed by atoms with Gasteiger partial charge in [-0.05, 0) is 37.8 Å². The maximum atomic E-state index is 13.7. The average molecular weight is 503 g/mol. The number of hydrogen-bond donors (Lipinski definition) is 1. The quantitative estimate of drug-likeness (QED) is 0.631. The standard InChI is InChI=1S/C24H27ClN4O4S/c1-13-26-9-15(10-27-13)18-7-8-19(34-18)23(31)28-20(14-5-3-2-4-6-14)24(32)29-11-16(25)22-21(29)17(30)12-33-22/h7-10,14,16,20-22H,2-6,11-12H2,1H3,(H,28,31). The summed E-state index contributed by atoms with van der Waals surface area (Å²) >= 11 is 7.75. The summed E-state index contributed by atoms with van der Waals surface area (Å²) in [7, 11) is 0. The van der Waals surface area contributed by atoms with Crippen molar-refractivity contribution in [3.63, 3.8) is 0 Å². The van der Waals surface area contributed by atoms with Crippen molar-refractivity contribution >= 4 is 40.5 Å². The molecule has 1 aliphatic carbocycles. The molecule has 34 heavy (non-hydrogen) atoms. The van der Waals surface area contributed by atoms with E-state index in [1.807, 2.05) is 13.0 Å². The Kier molecular flexibility index (Phi) is 6.68. The van der Waals surface area contributed by atoms with Crippen molar-refractivity contribution in [3.8, 4) is 10.4 Å². The Bertz CT molecular complexity index is 1080. The fourth-order valence-electron chi connectivity index (χ4n) is 5.20. The first-order chi connectivity index (χ1) is 16.4. The van der Waals surface area contributed by atoms with Crippen LogP contribution < -0.4 is 5.32 Å². The molecule has 0 radical (unpaired) electrons. The molecule has 10 heteroatoms. The zero-order chi connectivity index (χ0) is 23.8. The van der Waals surface area contributed by atoms with Gasteiger partial charge in [-0.1, -0.05) is 19.3 Å². The molecular weight excluding hydrogens is 476 g/mol. The molecule has 3 aliphatic rings. The SMILES string of the molecule is Cc1ncc(-c2ccc(C(=O)NC(C(=O)N3CC(Cl)C4OCC(=O)C43)C3CCCCC3)s2)cn1. The highest BCUT2D eigenvalue weighted by atomic mass is 35.5.